The van der Waals surface area contributed by atoms with Gasteiger partial charge in [0.15, 0.2) is 0 Å². The van der Waals surface area contributed by atoms with Gasteiger partial charge in [-0.2, -0.15) is 0 Å². The van der Waals surface area contributed by atoms with Gasteiger partial charge in [-0.05, 0) is 26.3 Å². The molecule has 0 aliphatic heterocycles. The summed E-state index contributed by atoms with van der Waals surface area (Å²) >= 11 is 0. The van der Waals surface area contributed by atoms with E-state index < -0.39 is 0 Å². The van der Waals surface area contributed by atoms with Gasteiger partial charge in [0.05, 0.1) is 6.61 Å². The first-order valence-electron chi connectivity index (χ1n) is 4.77. The molecule has 0 aliphatic rings. The van der Waals surface area contributed by atoms with E-state index in [4.69, 9.17) is 4.74 Å². The Morgan fingerprint density at radius 1 is 1.50 bits per heavy atom. The molecule has 0 aromatic rings. The third kappa shape index (κ3) is 6.38. The first-order valence-corrected chi connectivity index (χ1v) is 4.77. The highest BCUT2D eigenvalue weighted by molar-refractivity contribution is 4.77. The summed E-state index contributed by atoms with van der Waals surface area (Å²) < 4.78 is 5.33. The molecule has 0 saturated heterocycles. The van der Waals surface area contributed by atoms with Crippen LogP contribution in [0.15, 0.2) is 12.7 Å². The van der Waals surface area contributed by atoms with E-state index in [1.807, 2.05) is 13.0 Å². The number of nitrogens with one attached hydrogen (secondary N) is 1. The van der Waals surface area contributed by atoms with E-state index >= 15 is 0 Å². The quantitative estimate of drug-likeness (QED) is 0.564. The van der Waals surface area contributed by atoms with Crippen LogP contribution in [-0.4, -0.2) is 25.8 Å². The SMILES string of the molecule is C=CCC(COCC)NCCC. The molecule has 0 aliphatic carbocycles. The number of rotatable bonds is 8. The van der Waals surface area contributed by atoms with E-state index in [2.05, 4.69) is 18.8 Å². The second-order valence-electron chi connectivity index (χ2n) is 2.83. The zero-order valence-corrected chi connectivity index (χ0v) is 8.31. The Bertz CT molecular complexity index is 96.0. The molecule has 2 nitrogen and oxygen atoms in total. The number of hydrogen-bond acceptors (Lipinski definition) is 2. The van der Waals surface area contributed by atoms with Crippen LogP contribution in [0.2, 0.25) is 0 Å². The first kappa shape index (κ1) is 11.7. The van der Waals surface area contributed by atoms with Crippen molar-refractivity contribution in [2.24, 2.45) is 0 Å². The van der Waals surface area contributed by atoms with Crippen molar-refractivity contribution in [2.45, 2.75) is 32.7 Å². The van der Waals surface area contributed by atoms with Gasteiger partial charge in [-0.3, -0.25) is 0 Å². The van der Waals surface area contributed by atoms with Crippen molar-refractivity contribution >= 4 is 0 Å². The fourth-order valence-electron chi connectivity index (χ4n) is 1.02. The molecule has 72 valence electrons. The molecule has 0 heterocycles. The molecule has 0 bridgehead atoms. The summed E-state index contributed by atoms with van der Waals surface area (Å²) in [6, 6.07) is 0.447. The molecule has 2 heteroatoms. The molecule has 0 amide bonds. The van der Waals surface area contributed by atoms with Crippen LogP contribution in [0, 0.1) is 0 Å². The van der Waals surface area contributed by atoms with Gasteiger partial charge in [0, 0.05) is 12.6 Å². The second-order valence-corrected chi connectivity index (χ2v) is 2.83. The van der Waals surface area contributed by atoms with Crippen LogP contribution >= 0.6 is 0 Å². The molecule has 1 unspecified atom stereocenters. The van der Waals surface area contributed by atoms with Gasteiger partial charge < -0.3 is 10.1 Å². The summed E-state index contributed by atoms with van der Waals surface area (Å²) in [6.07, 6.45) is 4.09. The summed E-state index contributed by atoms with van der Waals surface area (Å²) in [4.78, 5) is 0. The lowest BCUT2D eigenvalue weighted by Gasteiger charge is -2.15. The summed E-state index contributed by atoms with van der Waals surface area (Å²) in [5, 5.41) is 3.41. The summed E-state index contributed by atoms with van der Waals surface area (Å²) in [7, 11) is 0. The average Bonchev–Trinajstić information content (AvgIpc) is 2.10. The van der Waals surface area contributed by atoms with Gasteiger partial charge in [0.1, 0.15) is 0 Å². The van der Waals surface area contributed by atoms with E-state index in [0.717, 1.165) is 26.2 Å². The minimum Gasteiger partial charge on any atom is -0.380 e. The van der Waals surface area contributed by atoms with E-state index in [1.54, 1.807) is 0 Å². The van der Waals surface area contributed by atoms with Crippen molar-refractivity contribution in [3.05, 3.63) is 12.7 Å². The number of hydrogen-bond donors (Lipinski definition) is 1. The van der Waals surface area contributed by atoms with Crippen LogP contribution in [0.4, 0.5) is 0 Å². The molecular weight excluding hydrogens is 150 g/mol. The minimum atomic E-state index is 0.447. The van der Waals surface area contributed by atoms with Crippen LogP contribution in [0.5, 0.6) is 0 Å². The van der Waals surface area contributed by atoms with Gasteiger partial charge in [0.25, 0.3) is 0 Å². The predicted octanol–water partition coefficient (Wildman–Crippen LogP) is 1.97. The highest BCUT2D eigenvalue weighted by Crippen LogP contribution is 1.94. The molecule has 1 atom stereocenters. The van der Waals surface area contributed by atoms with Gasteiger partial charge in [-0.15, -0.1) is 6.58 Å². The van der Waals surface area contributed by atoms with Crippen molar-refractivity contribution in [3.8, 4) is 0 Å². The van der Waals surface area contributed by atoms with Crippen LogP contribution in [0.1, 0.15) is 26.7 Å². The Morgan fingerprint density at radius 3 is 2.75 bits per heavy atom. The summed E-state index contributed by atoms with van der Waals surface area (Å²) in [6.45, 7) is 10.6. The highest BCUT2D eigenvalue weighted by atomic mass is 16.5. The fraction of sp³-hybridized carbons (Fsp3) is 0.800. The smallest absolute Gasteiger partial charge is 0.0622 e. The minimum absolute atomic E-state index is 0.447. The van der Waals surface area contributed by atoms with Crippen molar-refractivity contribution in [2.75, 3.05) is 19.8 Å². The third-order valence-electron chi connectivity index (χ3n) is 1.66. The zero-order valence-electron chi connectivity index (χ0n) is 8.31. The molecule has 0 rings (SSSR count). The average molecular weight is 171 g/mol. The van der Waals surface area contributed by atoms with Crippen molar-refractivity contribution in [1.82, 2.24) is 5.32 Å². The third-order valence-corrected chi connectivity index (χ3v) is 1.66. The molecule has 0 radical (unpaired) electrons. The predicted molar refractivity (Wildman–Crippen MR) is 53.4 cm³/mol. The van der Waals surface area contributed by atoms with Crippen molar-refractivity contribution in [3.63, 3.8) is 0 Å². The monoisotopic (exact) mass is 171 g/mol. The van der Waals surface area contributed by atoms with Crippen LogP contribution < -0.4 is 5.32 Å². The Labute approximate surface area is 76.0 Å². The standard InChI is InChI=1S/C10H21NO/c1-4-7-10(9-12-6-3)11-8-5-2/h4,10-11H,1,5-9H2,2-3H3. The second kappa shape index (κ2) is 8.75. The van der Waals surface area contributed by atoms with Gasteiger partial charge in [0.2, 0.25) is 0 Å². The van der Waals surface area contributed by atoms with E-state index in [-0.39, 0.29) is 0 Å². The highest BCUT2D eigenvalue weighted by Gasteiger charge is 2.03. The Balaban J connectivity index is 3.46. The molecule has 0 spiro atoms. The molecular formula is C10H21NO. The first-order chi connectivity index (χ1) is 5.85. The van der Waals surface area contributed by atoms with Crippen molar-refractivity contribution < 1.29 is 4.74 Å². The lowest BCUT2D eigenvalue weighted by atomic mass is 10.2. The van der Waals surface area contributed by atoms with E-state index in [0.29, 0.717) is 6.04 Å². The number of ether oxygens (including phenoxy) is 1. The Morgan fingerprint density at radius 2 is 2.25 bits per heavy atom. The van der Waals surface area contributed by atoms with Crippen LogP contribution in [-0.2, 0) is 4.74 Å². The van der Waals surface area contributed by atoms with Crippen LogP contribution in [0.3, 0.4) is 0 Å². The summed E-state index contributed by atoms with van der Waals surface area (Å²) in [5.74, 6) is 0. The fourth-order valence-corrected chi connectivity index (χ4v) is 1.02. The van der Waals surface area contributed by atoms with Crippen LogP contribution in [0.25, 0.3) is 0 Å². The van der Waals surface area contributed by atoms with E-state index in [9.17, 15) is 0 Å². The molecule has 12 heavy (non-hydrogen) atoms. The van der Waals surface area contributed by atoms with Gasteiger partial charge >= 0.3 is 0 Å². The zero-order chi connectivity index (χ0) is 9.23. The van der Waals surface area contributed by atoms with Gasteiger partial charge in [-0.25, -0.2) is 0 Å². The van der Waals surface area contributed by atoms with Gasteiger partial charge in [-0.1, -0.05) is 13.0 Å². The Kier molecular flexibility index (Phi) is 8.51. The molecule has 1 N–H and O–H groups in total. The van der Waals surface area contributed by atoms with E-state index in [1.165, 1.54) is 6.42 Å². The maximum Gasteiger partial charge on any atom is 0.0622 e. The molecule has 0 fully saturated rings. The van der Waals surface area contributed by atoms with Crippen molar-refractivity contribution in [1.29, 1.82) is 0 Å². The lowest BCUT2D eigenvalue weighted by Crippen LogP contribution is -2.33. The largest absolute Gasteiger partial charge is 0.380 e. The summed E-state index contributed by atoms with van der Waals surface area (Å²) in [5.41, 5.74) is 0. The normalized spacial score (nSPS) is 12.8. The topological polar surface area (TPSA) is 21.3 Å². The maximum absolute atomic E-state index is 5.33. The lowest BCUT2D eigenvalue weighted by molar-refractivity contribution is 0.123. The Hall–Kier alpha value is -0.340. The molecule has 0 saturated carbocycles. The molecule has 0 aromatic carbocycles. The molecule has 0 aromatic heterocycles. The maximum atomic E-state index is 5.33.